The average Bonchev–Trinajstić information content (AvgIpc) is 3.01. The zero-order valence-electron chi connectivity index (χ0n) is 16.8. The number of benzene rings is 1. The van der Waals surface area contributed by atoms with E-state index in [0.29, 0.717) is 5.56 Å². The second-order valence-electron chi connectivity index (χ2n) is 8.45. The van der Waals surface area contributed by atoms with Crippen LogP contribution in [0, 0.1) is 5.41 Å². The Bertz CT molecular complexity index is 762. The van der Waals surface area contributed by atoms with Gasteiger partial charge in [0.2, 0.25) is 11.8 Å². The van der Waals surface area contributed by atoms with Gasteiger partial charge in [0.1, 0.15) is 6.04 Å². The molecule has 29 heavy (non-hydrogen) atoms. The van der Waals surface area contributed by atoms with Crippen LogP contribution in [0.25, 0.3) is 0 Å². The number of rotatable bonds is 6. The second-order valence-corrected chi connectivity index (χ2v) is 9.37. The number of carboxylic acid groups (broad SMARTS) is 1. The first-order valence-corrected chi connectivity index (χ1v) is 10.2. The molecule has 1 aliphatic heterocycles. The van der Waals surface area contributed by atoms with E-state index in [-0.39, 0.29) is 19.4 Å². The summed E-state index contributed by atoms with van der Waals surface area (Å²) in [5.41, 5.74) is 6.19. The van der Waals surface area contributed by atoms with E-state index in [1.165, 1.54) is 4.90 Å². The maximum absolute atomic E-state index is 13.0. The molecule has 1 aromatic rings. The first-order valence-electron chi connectivity index (χ1n) is 9.42. The van der Waals surface area contributed by atoms with Crippen molar-refractivity contribution in [2.24, 2.45) is 11.1 Å². The van der Waals surface area contributed by atoms with Crippen molar-refractivity contribution in [3.05, 3.63) is 34.3 Å². The highest BCUT2D eigenvalue weighted by Crippen LogP contribution is 2.26. The summed E-state index contributed by atoms with van der Waals surface area (Å²) in [4.78, 5) is 38.4. The van der Waals surface area contributed by atoms with Crippen LogP contribution in [0.3, 0.4) is 0 Å². The van der Waals surface area contributed by atoms with Crippen LogP contribution in [0.2, 0.25) is 0 Å². The van der Waals surface area contributed by atoms with Crippen molar-refractivity contribution >= 4 is 33.7 Å². The van der Waals surface area contributed by atoms with Crippen molar-refractivity contribution in [1.82, 2.24) is 10.2 Å². The molecule has 1 fully saturated rings. The molecule has 2 amide bonds. The van der Waals surface area contributed by atoms with Crippen molar-refractivity contribution < 1.29 is 24.6 Å². The molecule has 0 radical (unpaired) electrons. The maximum atomic E-state index is 13.0. The van der Waals surface area contributed by atoms with Gasteiger partial charge in [-0.3, -0.25) is 14.4 Å². The Balaban J connectivity index is 2.21. The van der Waals surface area contributed by atoms with Gasteiger partial charge in [-0.15, -0.1) is 0 Å². The molecule has 0 aliphatic carbocycles. The third kappa shape index (κ3) is 6.01. The molecule has 0 bridgehead atoms. The molecule has 0 spiro atoms. The summed E-state index contributed by atoms with van der Waals surface area (Å²) in [6.45, 7) is 5.50. The van der Waals surface area contributed by atoms with Gasteiger partial charge in [-0.2, -0.15) is 0 Å². The highest BCUT2D eigenvalue weighted by atomic mass is 79.9. The predicted octanol–water partition coefficient (Wildman–Crippen LogP) is 1.42. The molecule has 0 aromatic heterocycles. The van der Waals surface area contributed by atoms with Crippen LogP contribution in [-0.4, -0.2) is 57.6 Å². The van der Waals surface area contributed by atoms with E-state index in [9.17, 15) is 24.6 Å². The Morgan fingerprint density at radius 2 is 1.86 bits per heavy atom. The Morgan fingerprint density at radius 1 is 1.28 bits per heavy atom. The fourth-order valence-corrected chi connectivity index (χ4v) is 3.51. The first-order chi connectivity index (χ1) is 13.4. The number of aliphatic hydroxyl groups excluding tert-OH is 1. The molecule has 2 rings (SSSR count). The first kappa shape index (κ1) is 23.3. The number of halogens is 1. The van der Waals surface area contributed by atoms with E-state index in [0.717, 1.165) is 4.47 Å². The van der Waals surface area contributed by atoms with E-state index in [2.05, 4.69) is 21.2 Å². The molecule has 1 heterocycles. The summed E-state index contributed by atoms with van der Waals surface area (Å²) >= 11 is 3.32. The minimum Gasteiger partial charge on any atom is -0.481 e. The third-order valence-electron chi connectivity index (χ3n) is 5.03. The summed E-state index contributed by atoms with van der Waals surface area (Å²) in [7, 11) is 0. The molecular weight excluding hydrogens is 442 g/mol. The van der Waals surface area contributed by atoms with Crippen molar-refractivity contribution in [1.29, 1.82) is 0 Å². The lowest BCUT2D eigenvalue weighted by molar-refractivity contribution is -0.142. The Hall–Kier alpha value is -1.97. The monoisotopic (exact) mass is 469 g/mol. The Labute approximate surface area is 178 Å². The number of likely N-dealkylation sites (tertiary alicyclic amines) is 1. The van der Waals surface area contributed by atoms with E-state index in [4.69, 9.17) is 5.73 Å². The molecule has 8 nitrogen and oxygen atoms in total. The van der Waals surface area contributed by atoms with Crippen LogP contribution in [-0.2, 0) is 14.4 Å². The molecule has 160 valence electrons. The van der Waals surface area contributed by atoms with Gasteiger partial charge in [0, 0.05) is 17.4 Å². The van der Waals surface area contributed by atoms with Gasteiger partial charge in [-0.05, 0) is 23.1 Å². The highest BCUT2D eigenvalue weighted by Gasteiger charge is 2.43. The van der Waals surface area contributed by atoms with Gasteiger partial charge >= 0.3 is 5.97 Å². The maximum Gasteiger partial charge on any atom is 0.305 e. The van der Waals surface area contributed by atoms with Gasteiger partial charge in [0.15, 0.2) is 0 Å². The van der Waals surface area contributed by atoms with Crippen LogP contribution in [0.15, 0.2) is 28.7 Å². The number of carboxylic acids is 1. The fraction of sp³-hybridized carbons (Fsp3) is 0.550. The van der Waals surface area contributed by atoms with Gasteiger partial charge in [0.05, 0.1) is 24.6 Å². The second kappa shape index (κ2) is 9.23. The van der Waals surface area contributed by atoms with Crippen LogP contribution in [0.4, 0.5) is 0 Å². The molecule has 4 atom stereocenters. The van der Waals surface area contributed by atoms with E-state index in [1.807, 2.05) is 20.8 Å². The van der Waals surface area contributed by atoms with Gasteiger partial charge < -0.3 is 26.2 Å². The summed E-state index contributed by atoms with van der Waals surface area (Å²) < 4.78 is 0.827. The number of carbonyl (C=O) groups is 3. The SMILES string of the molecule is CC(C)(C)C(N)C(=O)N1C[C@H](O)C[C@H]1C(=O)NC(CC(=O)O)c1ccc(Br)cc1. The lowest BCUT2D eigenvalue weighted by atomic mass is 9.86. The summed E-state index contributed by atoms with van der Waals surface area (Å²) in [5.74, 6) is -1.98. The number of hydrogen-bond donors (Lipinski definition) is 4. The van der Waals surface area contributed by atoms with E-state index < -0.39 is 47.4 Å². The number of amides is 2. The topological polar surface area (TPSA) is 133 Å². The lowest BCUT2D eigenvalue weighted by Crippen LogP contribution is -2.55. The Kier molecular flexibility index (Phi) is 7.42. The van der Waals surface area contributed by atoms with Crippen molar-refractivity contribution in [2.45, 2.75) is 57.8 Å². The number of hydrogen-bond acceptors (Lipinski definition) is 5. The normalized spacial score (nSPS) is 21.5. The number of β-amino-alcohol motifs (C(OH)–C–C–N with tert-alkyl or cyclic N) is 1. The molecule has 5 N–H and O–H groups in total. The van der Waals surface area contributed by atoms with Crippen LogP contribution >= 0.6 is 15.9 Å². The molecular formula is C20H28BrN3O5. The summed E-state index contributed by atoms with van der Waals surface area (Å²) in [6.07, 6.45) is -1.07. The lowest BCUT2D eigenvalue weighted by Gasteiger charge is -2.33. The third-order valence-corrected chi connectivity index (χ3v) is 5.56. The summed E-state index contributed by atoms with van der Waals surface area (Å²) in [5, 5.41) is 22.0. The molecule has 0 saturated carbocycles. The van der Waals surface area contributed by atoms with Crippen molar-refractivity contribution in [2.75, 3.05) is 6.54 Å². The highest BCUT2D eigenvalue weighted by molar-refractivity contribution is 9.10. The number of nitrogens with one attached hydrogen (secondary N) is 1. The molecule has 1 aliphatic rings. The van der Waals surface area contributed by atoms with Gasteiger partial charge in [-0.25, -0.2) is 0 Å². The van der Waals surface area contributed by atoms with E-state index in [1.54, 1.807) is 24.3 Å². The zero-order chi connectivity index (χ0) is 21.9. The molecule has 9 heteroatoms. The predicted molar refractivity (Wildman–Crippen MR) is 111 cm³/mol. The smallest absolute Gasteiger partial charge is 0.305 e. The van der Waals surface area contributed by atoms with Gasteiger partial charge in [-0.1, -0.05) is 48.8 Å². The zero-order valence-corrected chi connectivity index (χ0v) is 18.3. The van der Waals surface area contributed by atoms with Gasteiger partial charge in [0.25, 0.3) is 0 Å². The van der Waals surface area contributed by atoms with E-state index >= 15 is 0 Å². The number of nitrogens with zero attached hydrogens (tertiary/aromatic N) is 1. The minimum atomic E-state index is -1.06. The minimum absolute atomic E-state index is 0.0164. The van der Waals surface area contributed by atoms with Crippen LogP contribution in [0.1, 0.15) is 45.2 Å². The largest absolute Gasteiger partial charge is 0.481 e. The molecule has 1 aromatic carbocycles. The number of aliphatic carboxylic acids is 1. The van der Waals surface area contributed by atoms with Crippen molar-refractivity contribution in [3.63, 3.8) is 0 Å². The molecule has 1 saturated heterocycles. The standard InChI is InChI=1S/C20H28BrN3O5/c1-20(2,3)17(22)19(29)24-10-13(25)8-15(24)18(28)23-14(9-16(26)27)11-4-6-12(21)7-5-11/h4-7,13-15,17,25H,8-10,22H2,1-3H3,(H,23,28)(H,26,27)/t13-,14?,15+,17?/m1/s1. The molecule has 2 unspecified atom stereocenters. The average molecular weight is 470 g/mol. The van der Waals surface area contributed by atoms with Crippen LogP contribution in [0.5, 0.6) is 0 Å². The van der Waals surface area contributed by atoms with Crippen molar-refractivity contribution in [3.8, 4) is 0 Å². The quantitative estimate of drug-likeness (QED) is 0.497. The summed E-state index contributed by atoms with van der Waals surface area (Å²) in [6, 6.07) is 4.46. The Morgan fingerprint density at radius 3 is 2.38 bits per heavy atom. The number of carbonyl (C=O) groups excluding carboxylic acids is 2. The van der Waals surface area contributed by atoms with Crippen LogP contribution < -0.4 is 11.1 Å². The fourth-order valence-electron chi connectivity index (χ4n) is 3.24. The number of nitrogens with two attached hydrogens (primary N) is 1. The number of aliphatic hydroxyl groups is 1.